The van der Waals surface area contributed by atoms with Gasteiger partial charge in [0.15, 0.2) is 17.2 Å². The average Bonchev–Trinajstić information content (AvgIpc) is 3.64. The van der Waals surface area contributed by atoms with E-state index in [4.69, 9.17) is 19.9 Å². The number of rotatable bonds is 35. The molecule has 4 aromatic rings. The number of carbonyl (C=O) groups excluding carboxylic acids is 3. The summed E-state index contributed by atoms with van der Waals surface area (Å²) in [5.41, 5.74) is 1.25. The zero-order valence-electron chi connectivity index (χ0n) is 48.3. The Hall–Kier alpha value is -7.14. The molecule has 6 rings (SSSR count). The predicted octanol–water partition coefficient (Wildman–Crippen LogP) is 1.89. The van der Waals surface area contributed by atoms with Gasteiger partial charge in [-0.2, -0.15) is 0 Å². The van der Waals surface area contributed by atoms with Crippen molar-refractivity contribution >= 4 is 34.8 Å². The molecule has 2 aliphatic heterocycles. The van der Waals surface area contributed by atoms with Crippen molar-refractivity contribution in [3.63, 3.8) is 0 Å². The van der Waals surface area contributed by atoms with Gasteiger partial charge in [0.05, 0.1) is 19.8 Å². The number of piperazine rings is 2. The Balaban J connectivity index is 0.000000748. The van der Waals surface area contributed by atoms with Crippen LogP contribution >= 0.6 is 0 Å². The normalized spacial score (nSPS) is 13.7. The molecule has 24 nitrogen and oxygen atoms in total. The molecular formula is C57H85N9O15. The molecule has 0 aliphatic carbocycles. The van der Waals surface area contributed by atoms with E-state index in [1.165, 1.54) is 13.7 Å². The van der Waals surface area contributed by atoms with Crippen molar-refractivity contribution in [2.24, 2.45) is 5.73 Å². The van der Waals surface area contributed by atoms with Crippen LogP contribution in [0.15, 0.2) is 43.2 Å². The fourth-order valence-electron chi connectivity index (χ4n) is 10.5. The fourth-order valence-corrected chi connectivity index (χ4v) is 10.5. The van der Waals surface area contributed by atoms with E-state index in [-0.39, 0.29) is 54.6 Å². The van der Waals surface area contributed by atoms with E-state index in [9.17, 15) is 57.5 Å². The van der Waals surface area contributed by atoms with Crippen LogP contribution in [0.2, 0.25) is 0 Å². The summed E-state index contributed by atoms with van der Waals surface area (Å²) in [4.78, 5) is 157. The van der Waals surface area contributed by atoms with Crippen molar-refractivity contribution in [3.8, 4) is 17.2 Å². The van der Waals surface area contributed by atoms with Crippen molar-refractivity contribution in [2.75, 3.05) is 100.0 Å². The average molecular weight is 1140 g/mol. The van der Waals surface area contributed by atoms with E-state index in [0.717, 1.165) is 57.8 Å². The van der Waals surface area contributed by atoms with Crippen LogP contribution in [0.1, 0.15) is 150 Å². The second kappa shape index (κ2) is 32.3. The molecular weight excluding hydrogens is 1050 g/mol. The molecule has 2 N–H and O–H groups in total. The molecule has 0 radical (unpaired) electrons. The topological polar surface area (TPSA) is 290 Å². The van der Waals surface area contributed by atoms with Crippen molar-refractivity contribution in [1.29, 1.82) is 0 Å². The summed E-state index contributed by atoms with van der Waals surface area (Å²) in [5.74, 6) is 0.191. The summed E-state index contributed by atoms with van der Waals surface area (Å²) < 4.78 is 19.3. The van der Waals surface area contributed by atoms with Gasteiger partial charge in [-0.1, -0.05) is 57.8 Å². The first kappa shape index (κ1) is 64.7. The summed E-state index contributed by atoms with van der Waals surface area (Å²) in [7, 11) is 0. The molecule has 2 aliphatic rings. The van der Waals surface area contributed by atoms with Crippen LogP contribution in [0.5, 0.6) is 17.2 Å². The quantitative estimate of drug-likeness (QED) is 0.0508. The Morgan fingerprint density at radius 1 is 0.395 bits per heavy atom. The number of amides is 3. The minimum absolute atomic E-state index is 0.0343. The molecule has 0 spiro atoms. The standard InChI is InChI=1S/C47H70N8O12.C10H15NO3/c1-3-66-43-37(39(59)41(43)61)51-30-26-49(27-31-51)35(57)21-15-9-6-12-18-24-54-45(63)53(23-17-11-5-8-14-20-34(48)56)46(64)55(47(54)65)25-19-13-7-10-16-22-36(58)50-28-32-52(33-29-50)38-40(60)42(62)44(38)67-4-2;1-4-11(5-2)7-8(12)9(13)10(7)14-6-3/h3-33H2,1-2H3,(H2,48,56);4-6H2,1-3H3. The molecule has 24 heteroatoms. The van der Waals surface area contributed by atoms with Gasteiger partial charge in [-0.25, -0.2) is 28.1 Å². The monoisotopic (exact) mass is 1140 g/mol. The van der Waals surface area contributed by atoms with Crippen LogP contribution in [0, 0.1) is 0 Å². The number of nitrogens with zero attached hydrogens (tertiary/aromatic N) is 8. The molecule has 1 aromatic heterocycles. The molecule has 0 atom stereocenters. The van der Waals surface area contributed by atoms with Gasteiger partial charge in [0.1, 0.15) is 17.1 Å². The highest BCUT2D eigenvalue weighted by Crippen LogP contribution is 2.26. The molecule has 0 saturated carbocycles. The van der Waals surface area contributed by atoms with Gasteiger partial charge in [-0.05, 0) is 73.1 Å². The lowest BCUT2D eigenvalue weighted by Crippen LogP contribution is -2.54. The van der Waals surface area contributed by atoms with Gasteiger partial charge in [0.2, 0.25) is 17.7 Å². The van der Waals surface area contributed by atoms with Crippen LogP contribution in [0.4, 0.5) is 17.1 Å². The van der Waals surface area contributed by atoms with Crippen LogP contribution < -0.4 is 84.3 Å². The van der Waals surface area contributed by atoms with E-state index in [1.807, 2.05) is 28.5 Å². The molecule has 448 valence electrons. The lowest BCUT2D eigenvalue weighted by atomic mass is 10.1. The van der Waals surface area contributed by atoms with Gasteiger partial charge >= 0.3 is 17.1 Å². The maximum absolute atomic E-state index is 13.7. The fraction of sp³-hybridized carbons (Fsp3) is 0.684. The lowest BCUT2D eigenvalue weighted by molar-refractivity contribution is -0.132. The Morgan fingerprint density at radius 3 is 1.04 bits per heavy atom. The number of nitrogens with two attached hydrogens (primary N) is 1. The Kier molecular flexibility index (Phi) is 25.8. The minimum atomic E-state index is -0.619. The van der Waals surface area contributed by atoms with Crippen molar-refractivity contribution in [2.45, 2.75) is 170 Å². The van der Waals surface area contributed by atoms with Gasteiger partial charge in [-0.15, -0.1) is 0 Å². The molecule has 0 unspecified atom stereocenters. The predicted molar refractivity (Wildman–Crippen MR) is 310 cm³/mol. The van der Waals surface area contributed by atoms with E-state index in [2.05, 4.69) is 0 Å². The van der Waals surface area contributed by atoms with Gasteiger partial charge in [0.25, 0.3) is 32.6 Å². The number of primary amides is 1. The summed E-state index contributed by atoms with van der Waals surface area (Å²) >= 11 is 0. The first-order valence-corrected chi connectivity index (χ1v) is 29.4. The molecule has 3 aromatic carbocycles. The highest BCUT2D eigenvalue weighted by Gasteiger charge is 2.32. The van der Waals surface area contributed by atoms with E-state index in [1.54, 1.807) is 30.6 Å². The van der Waals surface area contributed by atoms with Gasteiger partial charge < -0.3 is 44.4 Å². The molecule has 2 fully saturated rings. The third-order valence-corrected chi connectivity index (χ3v) is 15.1. The van der Waals surface area contributed by atoms with Crippen LogP contribution in [0.3, 0.4) is 0 Å². The second-order valence-corrected chi connectivity index (χ2v) is 20.5. The third kappa shape index (κ3) is 16.7. The highest BCUT2D eigenvalue weighted by atomic mass is 16.5. The van der Waals surface area contributed by atoms with E-state index < -0.39 is 49.6 Å². The number of anilines is 3. The van der Waals surface area contributed by atoms with Gasteiger partial charge in [-0.3, -0.25) is 43.2 Å². The van der Waals surface area contributed by atoms with Crippen LogP contribution in [-0.2, 0) is 34.0 Å². The number of hydrogen-bond acceptors (Lipinski definition) is 18. The number of hydrogen-bond donors (Lipinski definition) is 1. The molecule has 2 saturated heterocycles. The van der Waals surface area contributed by atoms with E-state index >= 15 is 0 Å². The van der Waals surface area contributed by atoms with Crippen molar-refractivity contribution in [1.82, 2.24) is 23.5 Å². The largest absolute Gasteiger partial charge is 0.488 e. The first-order valence-electron chi connectivity index (χ1n) is 29.4. The second-order valence-electron chi connectivity index (χ2n) is 20.5. The number of carbonyl (C=O) groups is 3. The first-order chi connectivity index (χ1) is 39.0. The maximum atomic E-state index is 13.7. The SMILES string of the molecule is CCOc1c(N(CC)CC)c(=O)c1=O.CCOc1c(N2CCN(C(=O)CCCCCCCn3c(=O)n(CCCCCCCC(N)=O)c(=O)n(CCCCCCCC(=O)N4CCN(c5c(OCC)c(=O)c5=O)CC4)c3=O)CC2)c(=O)c1=O. The smallest absolute Gasteiger partial charge is 0.336 e. The Labute approximate surface area is 471 Å². The summed E-state index contributed by atoms with van der Waals surface area (Å²) in [6, 6.07) is 0. The molecule has 3 amide bonds. The minimum Gasteiger partial charge on any atom is -0.488 e. The summed E-state index contributed by atoms with van der Waals surface area (Å²) in [5, 5.41) is 0. The van der Waals surface area contributed by atoms with Crippen LogP contribution in [-0.4, -0.2) is 126 Å². The zero-order valence-corrected chi connectivity index (χ0v) is 48.3. The summed E-state index contributed by atoms with van der Waals surface area (Å²) in [6.45, 7) is 15.7. The lowest BCUT2D eigenvalue weighted by Gasteiger charge is -2.36. The number of aromatic nitrogens is 3. The van der Waals surface area contributed by atoms with Gasteiger partial charge in [0, 0.05) is 104 Å². The highest BCUT2D eigenvalue weighted by molar-refractivity contribution is 5.77. The van der Waals surface area contributed by atoms with E-state index in [0.29, 0.717) is 160 Å². The van der Waals surface area contributed by atoms with Crippen molar-refractivity contribution in [3.05, 3.63) is 92.8 Å². The molecule has 3 heterocycles. The number of unbranched alkanes of at least 4 members (excludes halogenated alkanes) is 12. The van der Waals surface area contributed by atoms with Crippen molar-refractivity contribution < 1.29 is 28.6 Å². The Morgan fingerprint density at radius 2 is 0.704 bits per heavy atom. The third-order valence-electron chi connectivity index (χ3n) is 15.1. The Bertz CT molecular complexity index is 2960. The van der Waals surface area contributed by atoms with Crippen LogP contribution in [0.25, 0.3) is 0 Å². The summed E-state index contributed by atoms with van der Waals surface area (Å²) in [6.07, 6.45) is 11.8. The maximum Gasteiger partial charge on any atom is 0.336 e. The molecule has 0 bridgehead atoms. The number of ether oxygens (including phenoxy) is 3. The zero-order chi connectivity index (χ0) is 59.2. The molecule has 81 heavy (non-hydrogen) atoms.